The summed E-state index contributed by atoms with van der Waals surface area (Å²) in [5, 5.41) is 4.39. The lowest BCUT2D eigenvalue weighted by Gasteiger charge is -2.23. The van der Waals surface area contributed by atoms with E-state index in [4.69, 9.17) is 0 Å². The van der Waals surface area contributed by atoms with Crippen molar-refractivity contribution in [2.45, 2.75) is 26.8 Å². The molecule has 6 nitrogen and oxygen atoms in total. The first kappa shape index (κ1) is 17.8. The van der Waals surface area contributed by atoms with Crippen molar-refractivity contribution < 1.29 is 4.79 Å². The van der Waals surface area contributed by atoms with E-state index >= 15 is 0 Å². The van der Waals surface area contributed by atoms with Crippen molar-refractivity contribution in [2.24, 2.45) is 7.05 Å². The monoisotopic (exact) mass is 349 g/mol. The Hall–Kier alpha value is -3.02. The van der Waals surface area contributed by atoms with Crippen molar-refractivity contribution >= 4 is 5.91 Å². The highest BCUT2D eigenvalue weighted by Crippen LogP contribution is 2.17. The molecule has 26 heavy (non-hydrogen) atoms. The van der Waals surface area contributed by atoms with E-state index in [2.05, 4.69) is 15.1 Å². The Morgan fingerprint density at radius 1 is 1.12 bits per heavy atom. The second-order valence-electron chi connectivity index (χ2n) is 6.32. The molecule has 0 aromatic carbocycles. The summed E-state index contributed by atoms with van der Waals surface area (Å²) in [6.07, 6.45) is 5.98. The molecular formula is C20H23N5O. The molecule has 0 N–H and O–H groups in total. The average molecular weight is 349 g/mol. The maximum atomic E-state index is 13.3. The molecule has 3 heterocycles. The predicted octanol–water partition coefficient (Wildman–Crippen LogP) is 2.71. The van der Waals surface area contributed by atoms with Crippen molar-refractivity contribution in [3.05, 3.63) is 77.1 Å². The van der Waals surface area contributed by atoms with Gasteiger partial charge in [0.1, 0.15) is 0 Å². The normalized spacial score (nSPS) is 10.7. The van der Waals surface area contributed by atoms with Crippen LogP contribution in [0.1, 0.15) is 33.0 Å². The number of aryl methyl sites for hydroxylation is 2. The summed E-state index contributed by atoms with van der Waals surface area (Å²) in [6, 6.07) is 9.71. The molecule has 0 fully saturated rings. The molecule has 3 aromatic heterocycles. The number of carbonyl (C=O) groups excluding carboxylic acids is 1. The van der Waals surface area contributed by atoms with Crippen molar-refractivity contribution in [3.63, 3.8) is 0 Å². The summed E-state index contributed by atoms with van der Waals surface area (Å²) in [5.74, 6) is 0.000781. The van der Waals surface area contributed by atoms with Crippen molar-refractivity contribution in [3.8, 4) is 0 Å². The summed E-state index contributed by atoms with van der Waals surface area (Å²) >= 11 is 0. The minimum Gasteiger partial charge on any atom is -0.334 e. The number of pyridine rings is 2. The molecule has 0 bridgehead atoms. The van der Waals surface area contributed by atoms with Gasteiger partial charge in [0.15, 0.2) is 0 Å². The largest absolute Gasteiger partial charge is 0.334 e. The molecule has 0 aliphatic carbocycles. The van der Waals surface area contributed by atoms with Gasteiger partial charge < -0.3 is 4.90 Å². The van der Waals surface area contributed by atoms with Crippen LogP contribution in [0.3, 0.4) is 0 Å². The average Bonchev–Trinajstić information content (AvgIpc) is 2.91. The first-order valence-corrected chi connectivity index (χ1v) is 8.64. The topological polar surface area (TPSA) is 63.9 Å². The second-order valence-corrected chi connectivity index (χ2v) is 6.32. The number of rotatable bonds is 6. The van der Waals surface area contributed by atoms with E-state index in [1.807, 2.05) is 56.1 Å². The van der Waals surface area contributed by atoms with E-state index in [1.54, 1.807) is 23.3 Å². The van der Waals surface area contributed by atoms with Crippen LogP contribution in [0.15, 0.2) is 48.9 Å². The van der Waals surface area contributed by atoms with E-state index in [-0.39, 0.29) is 5.91 Å². The number of aromatic nitrogens is 4. The predicted molar refractivity (Wildman–Crippen MR) is 99.6 cm³/mol. The van der Waals surface area contributed by atoms with Crippen LogP contribution in [-0.2, 0) is 20.0 Å². The molecule has 0 saturated heterocycles. The summed E-state index contributed by atoms with van der Waals surface area (Å²) in [7, 11) is 1.86. The second kappa shape index (κ2) is 7.91. The fourth-order valence-corrected chi connectivity index (χ4v) is 3.00. The van der Waals surface area contributed by atoms with Crippen molar-refractivity contribution in [1.82, 2.24) is 24.6 Å². The fraction of sp³-hybridized carbons (Fsp3) is 0.300. The van der Waals surface area contributed by atoms with Gasteiger partial charge in [-0.1, -0.05) is 6.07 Å². The SMILES string of the molecule is Cc1nn(C)c(C)c1C(=O)N(CCc1ccccn1)Cc1ccncc1. The molecular weight excluding hydrogens is 326 g/mol. The zero-order valence-corrected chi connectivity index (χ0v) is 15.4. The quantitative estimate of drug-likeness (QED) is 0.686. The molecule has 0 saturated carbocycles. The lowest BCUT2D eigenvalue weighted by molar-refractivity contribution is 0.0743. The minimum absolute atomic E-state index is 0.000781. The van der Waals surface area contributed by atoms with Gasteiger partial charge in [-0.3, -0.25) is 19.4 Å². The van der Waals surface area contributed by atoms with Gasteiger partial charge in [0.25, 0.3) is 5.91 Å². The number of nitrogens with zero attached hydrogens (tertiary/aromatic N) is 5. The lowest BCUT2D eigenvalue weighted by atomic mass is 10.1. The maximum Gasteiger partial charge on any atom is 0.257 e. The third-order valence-electron chi connectivity index (χ3n) is 4.50. The van der Waals surface area contributed by atoms with E-state index in [1.165, 1.54) is 0 Å². The van der Waals surface area contributed by atoms with Crippen LogP contribution < -0.4 is 0 Å². The van der Waals surface area contributed by atoms with Gasteiger partial charge in [-0.25, -0.2) is 0 Å². The van der Waals surface area contributed by atoms with Crippen LogP contribution >= 0.6 is 0 Å². The summed E-state index contributed by atoms with van der Waals surface area (Å²) in [6.45, 7) is 4.92. The van der Waals surface area contributed by atoms with Crippen LogP contribution in [0.2, 0.25) is 0 Å². The standard InChI is InChI=1S/C20H23N5O/c1-15-19(16(2)24(3)23-15)20(26)25(14-17-7-11-21-12-8-17)13-9-18-6-4-5-10-22-18/h4-8,10-12H,9,13-14H2,1-3H3. The third-order valence-corrected chi connectivity index (χ3v) is 4.50. The molecule has 1 amide bonds. The van der Waals surface area contributed by atoms with Crippen LogP contribution in [0.25, 0.3) is 0 Å². The number of carbonyl (C=O) groups is 1. The molecule has 0 aliphatic heterocycles. The molecule has 0 unspecified atom stereocenters. The number of hydrogen-bond donors (Lipinski definition) is 0. The molecule has 0 radical (unpaired) electrons. The van der Waals surface area contributed by atoms with Crippen molar-refractivity contribution in [1.29, 1.82) is 0 Å². The van der Waals surface area contributed by atoms with Crippen molar-refractivity contribution in [2.75, 3.05) is 6.54 Å². The molecule has 3 rings (SSSR count). The first-order valence-electron chi connectivity index (χ1n) is 8.64. The third kappa shape index (κ3) is 3.96. The van der Waals surface area contributed by atoms with E-state index in [0.29, 0.717) is 25.1 Å². The Balaban J connectivity index is 1.85. The van der Waals surface area contributed by atoms with E-state index in [0.717, 1.165) is 22.6 Å². The Kier molecular flexibility index (Phi) is 5.41. The van der Waals surface area contributed by atoms with Crippen LogP contribution in [0, 0.1) is 13.8 Å². The summed E-state index contributed by atoms with van der Waals surface area (Å²) in [4.78, 5) is 23.5. The van der Waals surface area contributed by atoms with Gasteiger partial charge in [-0.05, 0) is 43.7 Å². The lowest BCUT2D eigenvalue weighted by Crippen LogP contribution is -2.33. The Morgan fingerprint density at radius 2 is 1.88 bits per heavy atom. The Bertz CT molecular complexity index is 874. The molecule has 0 atom stereocenters. The molecule has 0 spiro atoms. The molecule has 134 valence electrons. The molecule has 3 aromatic rings. The number of hydrogen-bond acceptors (Lipinski definition) is 4. The highest BCUT2D eigenvalue weighted by Gasteiger charge is 2.23. The van der Waals surface area contributed by atoms with Crippen LogP contribution in [0.4, 0.5) is 0 Å². The number of amides is 1. The van der Waals surface area contributed by atoms with Crippen LogP contribution in [-0.4, -0.2) is 37.1 Å². The minimum atomic E-state index is 0.000781. The first-order chi connectivity index (χ1) is 12.6. The van der Waals surface area contributed by atoms with Gasteiger partial charge in [-0.15, -0.1) is 0 Å². The van der Waals surface area contributed by atoms with Gasteiger partial charge in [0.2, 0.25) is 0 Å². The fourth-order valence-electron chi connectivity index (χ4n) is 3.00. The zero-order valence-electron chi connectivity index (χ0n) is 15.4. The van der Waals surface area contributed by atoms with Gasteiger partial charge in [0, 0.05) is 56.5 Å². The van der Waals surface area contributed by atoms with Gasteiger partial charge in [0.05, 0.1) is 11.3 Å². The van der Waals surface area contributed by atoms with E-state index < -0.39 is 0 Å². The maximum absolute atomic E-state index is 13.3. The highest BCUT2D eigenvalue weighted by atomic mass is 16.2. The van der Waals surface area contributed by atoms with Gasteiger partial charge in [-0.2, -0.15) is 5.10 Å². The van der Waals surface area contributed by atoms with Gasteiger partial charge >= 0.3 is 0 Å². The van der Waals surface area contributed by atoms with E-state index in [9.17, 15) is 4.79 Å². The van der Waals surface area contributed by atoms with Crippen LogP contribution in [0.5, 0.6) is 0 Å². The summed E-state index contributed by atoms with van der Waals surface area (Å²) in [5.41, 5.74) is 4.34. The Morgan fingerprint density at radius 3 is 2.50 bits per heavy atom. The zero-order chi connectivity index (χ0) is 18.5. The smallest absolute Gasteiger partial charge is 0.257 e. The Labute approximate surface area is 153 Å². The molecule has 0 aliphatic rings. The molecule has 6 heteroatoms. The highest BCUT2D eigenvalue weighted by molar-refractivity contribution is 5.96. The summed E-state index contributed by atoms with van der Waals surface area (Å²) < 4.78 is 1.76.